The highest BCUT2D eigenvalue weighted by Gasteiger charge is 2.28. The van der Waals surface area contributed by atoms with Crippen LogP contribution in [0.15, 0.2) is 35.3 Å². The number of nitrogens with zero attached hydrogens (tertiary/aromatic N) is 4. The summed E-state index contributed by atoms with van der Waals surface area (Å²) in [6.45, 7) is -0.316. The van der Waals surface area contributed by atoms with Gasteiger partial charge in [-0.2, -0.15) is 0 Å². The minimum Gasteiger partial charge on any atom is -0.465 e. The molecular weight excluding hydrogens is 388 g/mol. The van der Waals surface area contributed by atoms with Crippen LogP contribution in [0.5, 0.6) is 0 Å². The van der Waals surface area contributed by atoms with Gasteiger partial charge in [-0.3, -0.25) is 34.4 Å². The molecule has 1 aliphatic heterocycles. The first-order valence-electron chi connectivity index (χ1n) is 8.27. The van der Waals surface area contributed by atoms with Gasteiger partial charge in [0.2, 0.25) is 5.91 Å². The molecule has 0 saturated heterocycles. The second-order valence-electron chi connectivity index (χ2n) is 6.16. The van der Waals surface area contributed by atoms with Gasteiger partial charge in [0, 0.05) is 30.4 Å². The lowest BCUT2D eigenvalue weighted by atomic mass is 10.1. The van der Waals surface area contributed by atoms with E-state index in [1.165, 1.54) is 23.1 Å². The summed E-state index contributed by atoms with van der Waals surface area (Å²) in [4.78, 5) is 58.9. The predicted molar refractivity (Wildman–Crippen MR) is 97.8 cm³/mol. The highest BCUT2D eigenvalue weighted by molar-refractivity contribution is 5.96. The van der Waals surface area contributed by atoms with Crippen molar-refractivity contribution in [1.29, 1.82) is 0 Å². The molecule has 2 aromatic rings. The number of hydrogen-bond donors (Lipinski definition) is 0. The van der Waals surface area contributed by atoms with Crippen molar-refractivity contribution in [3.63, 3.8) is 0 Å². The number of anilines is 1. The standard InChI is InChI=1S/C17H14N4O8/c1-29-17(24)13-7-12(21(27)28)8-18(16(13)23)9-15(22)19-5-4-10-6-11(20(25)26)2-3-14(10)19/h2-3,6-8H,4-5,9H2,1H3. The van der Waals surface area contributed by atoms with E-state index in [4.69, 9.17) is 0 Å². The Balaban J connectivity index is 1.94. The molecule has 0 N–H and O–H groups in total. The van der Waals surface area contributed by atoms with E-state index < -0.39 is 45.1 Å². The van der Waals surface area contributed by atoms with Gasteiger partial charge in [0.25, 0.3) is 16.9 Å². The van der Waals surface area contributed by atoms with E-state index in [0.29, 0.717) is 17.7 Å². The van der Waals surface area contributed by atoms with Gasteiger partial charge in [0.1, 0.15) is 12.1 Å². The number of carbonyl (C=O) groups excluding carboxylic acids is 2. The first-order valence-corrected chi connectivity index (χ1v) is 8.27. The lowest BCUT2D eigenvalue weighted by Crippen LogP contribution is -2.36. The Morgan fingerprint density at radius 2 is 1.83 bits per heavy atom. The van der Waals surface area contributed by atoms with Crippen molar-refractivity contribution < 1.29 is 24.2 Å². The van der Waals surface area contributed by atoms with Crippen molar-refractivity contribution in [3.8, 4) is 0 Å². The van der Waals surface area contributed by atoms with Gasteiger partial charge in [0.05, 0.1) is 23.2 Å². The maximum atomic E-state index is 12.7. The highest BCUT2D eigenvalue weighted by atomic mass is 16.6. The summed E-state index contributed by atoms with van der Waals surface area (Å²) in [5.41, 5.74) is -1.04. The average Bonchev–Trinajstić information content (AvgIpc) is 3.11. The van der Waals surface area contributed by atoms with Crippen LogP contribution in [0.25, 0.3) is 0 Å². The minimum atomic E-state index is -1.06. The third-order valence-electron chi connectivity index (χ3n) is 4.46. The summed E-state index contributed by atoms with van der Waals surface area (Å²) in [7, 11) is 1.02. The number of nitro groups is 2. The molecule has 2 heterocycles. The maximum absolute atomic E-state index is 12.7. The van der Waals surface area contributed by atoms with Crippen LogP contribution >= 0.6 is 0 Å². The molecule has 150 valence electrons. The Morgan fingerprint density at radius 1 is 1.14 bits per heavy atom. The summed E-state index contributed by atoms with van der Waals surface area (Å²) >= 11 is 0. The quantitative estimate of drug-likeness (QED) is 0.408. The third-order valence-corrected chi connectivity index (χ3v) is 4.46. The largest absolute Gasteiger partial charge is 0.465 e. The molecule has 3 rings (SSSR count). The number of nitro benzene ring substituents is 1. The molecule has 0 saturated carbocycles. The first kappa shape index (κ1) is 19.7. The molecule has 12 nitrogen and oxygen atoms in total. The molecule has 0 spiro atoms. The van der Waals surface area contributed by atoms with Crippen molar-refractivity contribution >= 4 is 28.9 Å². The van der Waals surface area contributed by atoms with Gasteiger partial charge in [-0.05, 0) is 18.1 Å². The van der Waals surface area contributed by atoms with Crippen molar-refractivity contribution in [2.75, 3.05) is 18.6 Å². The molecule has 29 heavy (non-hydrogen) atoms. The van der Waals surface area contributed by atoms with Gasteiger partial charge in [-0.25, -0.2) is 4.79 Å². The van der Waals surface area contributed by atoms with Gasteiger partial charge in [0.15, 0.2) is 0 Å². The zero-order valence-electron chi connectivity index (χ0n) is 15.1. The average molecular weight is 402 g/mol. The molecule has 0 radical (unpaired) electrons. The topological polar surface area (TPSA) is 155 Å². The monoisotopic (exact) mass is 402 g/mol. The Morgan fingerprint density at radius 3 is 2.45 bits per heavy atom. The van der Waals surface area contributed by atoms with E-state index in [0.717, 1.165) is 23.9 Å². The van der Waals surface area contributed by atoms with E-state index in [1.807, 2.05) is 0 Å². The summed E-state index contributed by atoms with van der Waals surface area (Å²) in [6, 6.07) is 4.87. The number of aromatic nitrogens is 1. The lowest BCUT2D eigenvalue weighted by molar-refractivity contribution is -0.385. The van der Waals surface area contributed by atoms with Crippen molar-refractivity contribution in [2.45, 2.75) is 13.0 Å². The van der Waals surface area contributed by atoms with Crippen LogP contribution in [-0.2, 0) is 22.5 Å². The van der Waals surface area contributed by atoms with Crippen LogP contribution in [-0.4, -0.2) is 39.9 Å². The number of esters is 1. The number of benzene rings is 1. The van der Waals surface area contributed by atoms with Crippen LogP contribution < -0.4 is 10.5 Å². The second kappa shape index (κ2) is 7.50. The second-order valence-corrected chi connectivity index (χ2v) is 6.16. The predicted octanol–water partition coefficient (Wildman–Crippen LogP) is 1.04. The molecule has 0 aliphatic carbocycles. The molecule has 12 heteroatoms. The number of ether oxygens (including phenoxy) is 1. The minimum absolute atomic E-state index is 0.101. The molecule has 0 unspecified atom stereocenters. The lowest BCUT2D eigenvalue weighted by Gasteiger charge is -2.18. The van der Waals surface area contributed by atoms with Gasteiger partial charge < -0.3 is 9.64 Å². The van der Waals surface area contributed by atoms with E-state index in [9.17, 15) is 34.6 Å². The van der Waals surface area contributed by atoms with Crippen molar-refractivity contribution in [2.24, 2.45) is 0 Å². The number of rotatable bonds is 5. The van der Waals surface area contributed by atoms with Crippen LogP contribution in [0.3, 0.4) is 0 Å². The highest BCUT2D eigenvalue weighted by Crippen LogP contribution is 2.31. The summed E-state index contributed by atoms with van der Waals surface area (Å²) < 4.78 is 5.24. The van der Waals surface area contributed by atoms with Crippen LogP contribution in [0.1, 0.15) is 15.9 Å². The van der Waals surface area contributed by atoms with Gasteiger partial charge >= 0.3 is 5.97 Å². The van der Waals surface area contributed by atoms with Gasteiger partial charge in [-0.1, -0.05) is 0 Å². The van der Waals surface area contributed by atoms with Crippen LogP contribution in [0.2, 0.25) is 0 Å². The van der Waals surface area contributed by atoms with E-state index in [-0.39, 0.29) is 12.2 Å². The summed E-state index contributed by atoms with van der Waals surface area (Å²) in [5, 5.41) is 22.0. The van der Waals surface area contributed by atoms with Gasteiger partial charge in [-0.15, -0.1) is 0 Å². The van der Waals surface area contributed by atoms with Crippen LogP contribution in [0.4, 0.5) is 17.1 Å². The Hall–Kier alpha value is -4.09. The fraction of sp³-hybridized carbons (Fsp3) is 0.235. The zero-order chi connectivity index (χ0) is 21.3. The number of fused-ring (bicyclic) bond motifs is 1. The number of non-ortho nitro benzene ring substituents is 1. The molecule has 1 aliphatic rings. The third kappa shape index (κ3) is 3.67. The number of methoxy groups -OCH3 is 1. The molecule has 0 bridgehead atoms. The van der Waals surface area contributed by atoms with Crippen molar-refractivity contribution in [1.82, 2.24) is 4.57 Å². The van der Waals surface area contributed by atoms with E-state index >= 15 is 0 Å². The van der Waals surface area contributed by atoms with E-state index in [1.54, 1.807) is 0 Å². The molecule has 1 amide bonds. The van der Waals surface area contributed by atoms with E-state index in [2.05, 4.69) is 4.74 Å². The van der Waals surface area contributed by atoms with Crippen LogP contribution in [0, 0.1) is 20.2 Å². The Labute approximate surface area is 162 Å². The summed E-state index contributed by atoms with van der Waals surface area (Å²) in [6.07, 6.45) is 1.26. The SMILES string of the molecule is COC(=O)c1cc([N+](=O)[O-])cn(CC(=O)N2CCc3cc([N+](=O)[O-])ccc32)c1=O. The normalized spacial score (nSPS) is 12.4. The molecule has 1 aromatic heterocycles. The number of amides is 1. The summed E-state index contributed by atoms with van der Waals surface area (Å²) in [5.74, 6) is -1.62. The maximum Gasteiger partial charge on any atom is 0.343 e. The first-order chi connectivity index (χ1) is 13.7. The fourth-order valence-electron chi connectivity index (χ4n) is 3.09. The molecule has 0 atom stereocenters. The molecule has 1 aromatic carbocycles. The number of pyridine rings is 1. The smallest absolute Gasteiger partial charge is 0.343 e. The zero-order valence-corrected chi connectivity index (χ0v) is 15.1. The fourth-order valence-corrected chi connectivity index (χ4v) is 3.09. The number of hydrogen-bond acceptors (Lipinski definition) is 8. The number of carbonyl (C=O) groups is 2. The Bertz CT molecular complexity index is 1110. The molecular formula is C17H14N4O8. The Kier molecular flexibility index (Phi) is 5.08. The van der Waals surface area contributed by atoms with Crippen molar-refractivity contribution in [3.05, 3.63) is 72.2 Å². The molecule has 0 fully saturated rings.